The van der Waals surface area contributed by atoms with Crippen LogP contribution < -0.4 is 9.47 Å². The number of fused-ring (bicyclic) bond motifs is 1. The molecule has 0 saturated heterocycles. The summed E-state index contributed by atoms with van der Waals surface area (Å²) in [5, 5.41) is 1.29. The molecule has 0 amide bonds. The van der Waals surface area contributed by atoms with Gasteiger partial charge in [0.1, 0.15) is 17.6 Å². The fraction of sp³-hybridized carbons (Fsp3) is 0.150. The van der Waals surface area contributed by atoms with Gasteiger partial charge in [0.2, 0.25) is 5.88 Å². The van der Waals surface area contributed by atoms with Crippen LogP contribution in [0.1, 0.15) is 23.7 Å². The van der Waals surface area contributed by atoms with Gasteiger partial charge in [-0.3, -0.25) is 0 Å². The minimum absolute atomic E-state index is 0.00453. The van der Waals surface area contributed by atoms with E-state index in [-0.39, 0.29) is 6.10 Å². The molecule has 0 N–H and O–H groups in total. The Morgan fingerprint density at radius 2 is 1.92 bits per heavy atom. The van der Waals surface area contributed by atoms with Crippen LogP contribution in [0.15, 0.2) is 60.8 Å². The third kappa shape index (κ3) is 3.73. The van der Waals surface area contributed by atoms with Crippen molar-refractivity contribution in [2.75, 3.05) is 0 Å². The molecule has 0 spiro atoms. The molecule has 0 saturated carbocycles. The van der Waals surface area contributed by atoms with Gasteiger partial charge in [-0.05, 0) is 48.2 Å². The normalized spacial score (nSPS) is 16.0. The minimum atomic E-state index is -0.00453. The van der Waals surface area contributed by atoms with E-state index in [0.29, 0.717) is 16.7 Å². The molecule has 3 nitrogen and oxygen atoms in total. The smallest absolute Gasteiger partial charge is 0.219 e. The highest BCUT2D eigenvalue weighted by Crippen LogP contribution is 2.38. The third-order valence-electron chi connectivity index (χ3n) is 4.13. The van der Waals surface area contributed by atoms with Gasteiger partial charge in [0.05, 0.1) is 5.02 Å². The SMILES string of the molecule is Clc1ccc(Oc2ccc3c(c2)OC(c2cccc(Cl)c2)CC3)nc1. The van der Waals surface area contributed by atoms with E-state index in [1.165, 1.54) is 5.56 Å². The molecule has 0 bridgehead atoms. The molecule has 126 valence electrons. The Balaban J connectivity index is 1.55. The van der Waals surface area contributed by atoms with Crippen molar-refractivity contribution >= 4 is 23.2 Å². The van der Waals surface area contributed by atoms with Crippen LogP contribution in [-0.4, -0.2) is 4.98 Å². The Morgan fingerprint density at radius 3 is 2.72 bits per heavy atom. The lowest BCUT2D eigenvalue weighted by molar-refractivity contribution is 0.176. The highest BCUT2D eigenvalue weighted by Gasteiger charge is 2.22. The number of benzene rings is 2. The van der Waals surface area contributed by atoms with Gasteiger partial charge < -0.3 is 9.47 Å². The summed E-state index contributed by atoms with van der Waals surface area (Å²) >= 11 is 11.9. The van der Waals surface area contributed by atoms with Crippen molar-refractivity contribution in [3.8, 4) is 17.4 Å². The van der Waals surface area contributed by atoms with Gasteiger partial charge >= 0.3 is 0 Å². The number of pyridine rings is 1. The molecule has 0 fully saturated rings. The van der Waals surface area contributed by atoms with Gasteiger partial charge in [-0.25, -0.2) is 4.98 Å². The maximum Gasteiger partial charge on any atom is 0.219 e. The zero-order valence-electron chi connectivity index (χ0n) is 13.3. The van der Waals surface area contributed by atoms with E-state index < -0.39 is 0 Å². The average Bonchev–Trinajstić information content (AvgIpc) is 2.63. The first-order chi connectivity index (χ1) is 12.2. The standard InChI is InChI=1S/C20H15Cl2NO2/c21-15-3-1-2-14(10-15)18-8-5-13-4-7-17(11-19(13)25-18)24-20-9-6-16(22)12-23-20/h1-4,6-7,9-12,18H,5,8H2. The molecule has 1 aliphatic heterocycles. The Labute approximate surface area is 156 Å². The minimum Gasteiger partial charge on any atom is -0.485 e. The number of hydrogen-bond acceptors (Lipinski definition) is 3. The number of aromatic nitrogens is 1. The molecule has 5 heteroatoms. The molecule has 0 radical (unpaired) electrons. The highest BCUT2D eigenvalue weighted by atomic mass is 35.5. The van der Waals surface area contributed by atoms with Crippen molar-refractivity contribution < 1.29 is 9.47 Å². The highest BCUT2D eigenvalue weighted by molar-refractivity contribution is 6.30. The molecule has 2 aromatic carbocycles. The maximum absolute atomic E-state index is 6.19. The average molecular weight is 372 g/mol. The van der Waals surface area contributed by atoms with E-state index in [1.54, 1.807) is 18.3 Å². The van der Waals surface area contributed by atoms with Gasteiger partial charge in [-0.1, -0.05) is 41.4 Å². The topological polar surface area (TPSA) is 31.4 Å². The van der Waals surface area contributed by atoms with E-state index in [1.807, 2.05) is 42.5 Å². The lowest BCUT2D eigenvalue weighted by atomic mass is 9.97. The van der Waals surface area contributed by atoms with Crippen LogP contribution in [0, 0.1) is 0 Å². The molecule has 4 rings (SSSR count). The monoisotopic (exact) mass is 371 g/mol. The molecular formula is C20H15Cl2NO2. The predicted octanol–water partition coefficient (Wildman–Crippen LogP) is 6.25. The largest absolute Gasteiger partial charge is 0.485 e. The molecule has 1 atom stereocenters. The predicted molar refractivity (Wildman–Crippen MR) is 98.9 cm³/mol. The molecule has 2 heterocycles. The van der Waals surface area contributed by atoms with Crippen LogP contribution >= 0.6 is 23.2 Å². The summed E-state index contributed by atoms with van der Waals surface area (Å²) in [4.78, 5) is 4.15. The van der Waals surface area contributed by atoms with Crippen molar-refractivity contribution in [1.82, 2.24) is 4.98 Å². The van der Waals surface area contributed by atoms with E-state index in [9.17, 15) is 0 Å². The third-order valence-corrected chi connectivity index (χ3v) is 4.59. The second kappa shape index (κ2) is 6.95. The zero-order chi connectivity index (χ0) is 17.2. The Morgan fingerprint density at radius 1 is 1.00 bits per heavy atom. The first kappa shape index (κ1) is 16.2. The molecule has 1 aliphatic rings. The first-order valence-corrected chi connectivity index (χ1v) is 8.77. The second-order valence-electron chi connectivity index (χ2n) is 5.89. The zero-order valence-corrected chi connectivity index (χ0v) is 14.8. The molecule has 25 heavy (non-hydrogen) atoms. The number of rotatable bonds is 3. The lowest BCUT2D eigenvalue weighted by Crippen LogP contribution is -2.15. The molecule has 3 aromatic rings. The van der Waals surface area contributed by atoms with Gasteiger partial charge in [-0.2, -0.15) is 0 Å². The van der Waals surface area contributed by atoms with E-state index in [2.05, 4.69) is 4.98 Å². The van der Waals surface area contributed by atoms with Gasteiger partial charge in [0.25, 0.3) is 0 Å². The summed E-state index contributed by atoms with van der Waals surface area (Å²) in [7, 11) is 0. The van der Waals surface area contributed by atoms with E-state index in [4.69, 9.17) is 32.7 Å². The maximum atomic E-state index is 6.19. The number of nitrogens with zero attached hydrogens (tertiary/aromatic N) is 1. The molecule has 1 aromatic heterocycles. The fourth-order valence-electron chi connectivity index (χ4n) is 2.90. The number of aryl methyl sites for hydroxylation is 1. The number of hydrogen-bond donors (Lipinski definition) is 0. The van der Waals surface area contributed by atoms with Crippen LogP contribution in [0.3, 0.4) is 0 Å². The van der Waals surface area contributed by atoms with E-state index >= 15 is 0 Å². The Kier molecular flexibility index (Phi) is 4.51. The summed E-state index contributed by atoms with van der Waals surface area (Å²) in [6.07, 6.45) is 3.43. The van der Waals surface area contributed by atoms with Crippen molar-refractivity contribution in [3.63, 3.8) is 0 Å². The first-order valence-electron chi connectivity index (χ1n) is 8.02. The van der Waals surface area contributed by atoms with Crippen LogP contribution in [0.25, 0.3) is 0 Å². The molecule has 1 unspecified atom stereocenters. The Bertz CT molecular complexity index is 896. The van der Waals surface area contributed by atoms with Crippen molar-refractivity contribution in [1.29, 1.82) is 0 Å². The van der Waals surface area contributed by atoms with Gasteiger partial charge in [0.15, 0.2) is 0 Å². The fourth-order valence-corrected chi connectivity index (χ4v) is 3.21. The van der Waals surface area contributed by atoms with Crippen LogP contribution in [0.2, 0.25) is 10.0 Å². The summed E-state index contributed by atoms with van der Waals surface area (Å²) in [6, 6.07) is 17.2. The summed E-state index contributed by atoms with van der Waals surface area (Å²) in [5.41, 5.74) is 2.26. The summed E-state index contributed by atoms with van der Waals surface area (Å²) < 4.78 is 12.0. The van der Waals surface area contributed by atoms with Crippen molar-refractivity contribution in [2.45, 2.75) is 18.9 Å². The molecule has 0 aliphatic carbocycles. The van der Waals surface area contributed by atoms with Crippen molar-refractivity contribution in [3.05, 3.63) is 82.0 Å². The van der Waals surface area contributed by atoms with Crippen molar-refractivity contribution in [2.24, 2.45) is 0 Å². The quantitative estimate of drug-likeness (QED) is 0.545. The van der Waals surface area contributed by atoms with Gasteiger partial charge in [-0.15, -0.1) is 0 Å². The summed E-state index contributed by atoms with van der Waals surface area (Å²) in [6.45, 7) is 0. The van der Waals surface area contributed by atoms with E-state index in [0.717, 1.165) is 29.2 Å². The second-order valence-corrected chi connectivity index (χ2v) is 6.76. The molecular weight excluding hydrogens is 357 g/mol. The van der Waals surface area contributed by atoms with Crippen LogP contribution in [0.4, 0.5) is 0 Å². The Hall–Kier alpha value is -2.23. The van der Waals surface area contributed by atoms with Crippen LogP contribution in [0.5, 0.6) is 17.4 Å². The lowest BCUT2D eigenvalue weighted by Gasteiger charge is -2.27. The number of ether oxygens (including phenoxy) is 2. The van der Waals surface area contributed by atoms with Gasteiger partial charge in [0, 0.05) is 23.4 Å². The number of halogens is 2. The van der Waals surface area contributed by atoms with Crippen LogP contribution in [-0.2, 0) is 6.42 Å². The summed E-state index contributed by atoms with van der Waals surface area (Å²) in [5.74, 6) is 2.01.